The quantitative estimate of drug-likeness (QED) is 0.253. The molecule has 3 rings (SSSR count). The van der Waals surface area contributed by atoms with E-state index in [1.807, 2.05) is 6.07 Å². The lowest BCUT2D eigenvalue weighted by atomic mass is 9.96. The molecule has 0 aromatic heterocycles. The molecule has 4 N–H and O–H groups in total. The molecule has 0 spiro atoms. The molecule has 1 saturated heterocycles. The van der Waals surface area contributed by atoms with Crippen molar-refractivity contribution in [3.8, 4) is 5.75 Å². The second-order valence-electron chi connectivity index (χ2n) is 8.89. The Hall–Kier alpha value is -2.31. The number of aliphatic hydroxyl groups is 2. The van der Waals surface area contributed by atoms with Crippen LogP contribution in [0.25, 0.3) is 0 Å². The molecular formula is C23H32N3O8PS. The third-order valence-corrected chi connectivity index (χ3v) is 7.91. The van der Waals surface area contributed by atoms with Crippen LogP contribution in [0.15, 0.2) is 55.0 Å². The van der Waals surface area contributed by atoms with Crippen LogP contribution in [0.3, 0.4) is 0 Å². The van der Waals surface area contributed by atoms with Crippen molar-refractivity contribution in [2.75, 3.05) is 6.61 Å². The number of benzene rings is 1. The third kappa shape index (κ3) is 6.71. The van der Waals surface area contributed by atoms with Crippen molar-refractivity contribution >= 4 is 30.3 Å². The van der Waals surface area contributed by atoms with Gasteiger partial charge in [0.05, 0.1) is 12.7 Å². The number of carbonyl (C=O) groups excluding carboxylic acids is 2. The van der Waals surface area contributed by atoms with Gasteiger partial charge in [0.25, 0.3) is 5.91 Å². The molecule has 11 nitrogen and oxygen atoms in total. The number of hydrogen-bond donors (Lipinski definition) is 4. The summed E-state index contributed by atoms with van der Waals surface area (Å²) in [6, 6.07) is 7.85. The zero-order valence-corrected chi connectivity index (χ0v) is 22.2. The summed E-state index contributed by atoms with van der Waals surface area (Å²) in [7, 11) is 0. The monoisotopic (exact) mass is 541 g/mol. The van der Waals surface area contributed by atoms with Crippen LogP contribution in [0.5, 0.6) is 5.75 Å². The smallest absolute Gasteiger partial charge is 0.323 e. The van der Waals surface area contributed by atoms with Gasteiger partial charge in [0.2, 0.25) is 0 Å². The number of ether oxygens (including phenoxy) is 2. The number of esters is 1. The number of nitrogens with zero attached hydrogens (tertiary/aromatic N) is 1. The van der Waals surface area contributed by atoms with E-state index in [0.717, 1.165) is 0 Å². The topological polar surface area (TPSA) is 139 Å². The van der Waals surface area contributed by atoms with Gasteiger partial charge in [0.1, 0.15) is 35.4 Å². The van der Waals surface area contributed by atoms with Gasteiger partial charge < -0.3 is 39.0 Å². The van der Waals surface area contributed by atoms with Crippen LogP contribution in [-0.2, 0) is 35.4 Å². The van der Waals surface area contributed by atoms with Crippen molar-refractivity contribution in [2.45, 2.75) is 63.9 Å². The van der Waals surface area contributed by atoms with E-state index in [0.29, 0.717) is 5.75 Å². The molecule has 198 valence electrons. The summed E-state index contributed by atoms with van der Waals surface area (Å²) in [4.78, 5) is 25.3. The SMILES string of the molecule is C=C1NC(=O)C=CN1[C@@H]1O[C@H](COP(=S)(NC(C)C(=O)OC(C)C)Oc2ccccc2)[C@@H](O)[C@@]1(C)O. The molecule has 0 bridgehead atoms. The molecule has 2 aliphatic rings. The zero-order chi connectivity index (χ0) is 26.7. The molecule has 2 unspecified atom stereocenters. The van der Waals surface area contributed by atoms with Crippen molar-refractivity contribution in [3.05, 3.63) is 55.0 Å². The van der Waals surface area contributed by atoms with Crippen LogP contribution in [0.1, 0.15) is 27.7 Å². The van der Waals surface area contributed by atoms with Crippen LogP contribution < -0.4 is 14.9 Å². The lowest BCUT2D eigenvalue weighted by Gasteiger charge is -2.37. The Bertz CT molecular complexity index is 1050. The predicted octanol–water partition coefficient (Wildman–Crippen LogP) is 1.49. The Kier molecular flexibility index (Phi) is 8.94. The van der Waals surface area contributed by atoms with E-state index in [1.165, 1.54) is 24.1 Å². The number of nitrogens with one attached hydrogen (secondary N) is 2. The van der Waals surface area contributed by atoms with Crippen LogP contribution >= 0.6 is 6.64 Å². The first-order chi connectivity index (χ1) is 16.8. The predicted molar refractivity (Wildman–Crippen MR) is 135 cm³/mol. The van der Waals surface area contributed by atoms with Gasteiger partial charge in [-0.1, -0.05) is 24.8 Å². The fourth-order valence-electron chi connectivity index (χ4n) is 3.59. The maximum Gasteiger partial charge on any atom is 0.323 e. The minimum Gasteiger partial charge on any atom is -0.462 e. The molecule has 36 heavy (non-hydrogen) atoms. The van der Waals surface area contributed by atoms with Crippen LogP contribution in [0, 0.1) is 0 Å². The molecule has 13 heteroatoms. The van der Waals surface area contributed by atoms with E-state index in [9.17, 15) is 19.8 Å². The molecule has 0 saturated carbocycles. The average Bonchev–Trinajstić information content (AvgIpc) is 3.01. The van der Waals surface area contributed by atoms with Crippen molar-refractivity contribution in [3.63, 3.8) is 0 Å². The third-order valence-electron chi connectivity index (χ3n) is 5.41. The van der Waals surface area contributed by atoms with Crippen LogP contribution in [0.4, 0.5) is 0 Å². The Morgan fingerprint density at radius 3 is 2.64 bits per heavy atom. The normalized spacial score (nSPS) is 28.5. The Balaban J connectivity index is 1.76. The lowest BCUT2D eigenvalue weighted by molar-refractivity contribution is -0.149. The van der Waals surface area contributed by atoms with E-state index in [4.69, 9.17) is 30.3 Å². The van der Waals surface area contributed by atoms with Gasteiger partial charge in [0.15, 0.2) is 6.23 Å². The van der Waals surface area contributed by atoms with E-state index in [-0.39, 0.29) is 24.4 Å². The molecule has 6 atom stereocenters. The molecule has 1 amide bonds. The second kappa shape index (κ2) is 11.4. The first-order valence-electron chi connectivity index (χ1n) is 11.3. The van der Waals surface area contributed by atoms with Crippen LogP contribution in [-0.4, -0.2) is 69.8 Å². The summed E-state index contributed by atoms with van der Waals surface area (Å²) in [5.74, 6) is -0.305. The minimum atomic E-state index is -3.38. The van der Waals surface area contributed by atoms with Gasteiger partial charge in [-0.15, -0.1) is 0 Å². The summed E-state index contributed by atoms with van der Waals surface area (Å²) < 4.78 is 23.1. The zero-order valence-electron chi connectivity index (χ0n) is 20.5. The van der Waals surface area contributed by atoms with Gasteiger partial charge in [-0.3, -0.25) is 9.59 Å². The van der Waals surface area contributed by atoms with Crippen molar-refractivity contribution in [1.82, 2.24) is 15.3 Å². The lowest BCUT2D eigenvalue weighted by Crippen LogP contribution is -2.53. The Labute approximate surface area is 215 Å². The molecule has 0 radical (unpaired) electrons. The summed E-state index contributed by atoms with van der Waals surface area (Å²) in [6.45, 7) is 6.55. The van der Waals surface area contributed by atoms with Crippen molar-refractivity contribution < 1.29 is 38.3 Å². The Morgan fingerprint density at radius 2 is 2.03 bits per heavy atom. The van der Waals surface area contributed by atoms with Gasteiger partial charge >= 0.3 is 12.6 Å². The molecule has 1 aromatic carbocycles. The van der Waals surface area contributed by atoms with E-state index >= 15 is 0 Å². The van der Waals surface area contributed by atoms with Gasteiger partial charge in [0, 0.05) is 12.3 Å². The molecule has 0 aliphatic carbocycles. The molecule has 1 aromatic rings. The summed E-state index contributed by atoms with van der Waals surface area (Å²) in [5, 5.41) is 27.3. The van der Waals surface area contributed by atoms with E-state index < -0.39 is 42.7 Å². The highest BCUT2D eigenvalue weighted by atomic mass is 32.5. The summed E-state index contributed by atoms with van der Waals surface area (Å²) in [5.41, 5.74) is -1.76. The molecular weight excluding hydrogens is 509 g/mol. The minimum absolute atomic E-state index is 0.179. The number of hydrogen-bond acceptors (Lipinski definition) is 10. The van der Waals surface area contributed by atoms with Crippen molar-refractivity contribution in [2.24, 2.45) is 0 Å². The van der Waals surface area contributed by atoms with Gasteiger partial charge in [-0.05, 0) is 51.6 Å². The highest BCUT2D eigenvalue weighted by molar-refractivity contribution is 8.09. The van der Waals surface area contributed by atoms with Gasteiger partial charge in [-0.2, -0.15) is 0 Å². The Morgan fingerprint density at radius 1 is 1.36 bits per heavy atom. The summed E-state index contributed by atoms with van der Waals surface area (Å²) in [6.07, 6.45) is -1.15. The number of para-hydroxylation sites is 1. The number of rotatable bonds is 10. The second-order valence-corrected chi connectivity index (χ2v) is 12.0. The maximum absolute atomic E-state index is 12.4. The number of aliphatic hydroxyl groups excluding tert-OH is 1. The van der Waals surface area contributed by atoms with E-state index in [2.05, 4.69) is 17.0 Å². The highest BCUT2D eigenvalue weighted by Gasteiger charge is 2.55. The fraction of sp³-hybridized carbons (Fsp3) is 0.478. The molecule has 2 heterocycles. The van der Waals surface area contributed by atoms with Crippen molar-refractivity contribution in [1.29, 1.82) is 0 Å². The largest absolute Gasteiger partial charge is 0.462 e. The fourth-order valence-corrected chi connectivity index (χ4v) is 6.01. The number of carbonyl (C=O) groups is 2. The standard InChI is InChI=1S/C23H32N3O8PS/c1-14(2)32-21(29)15(3)25-35(36,34-17-9-7-6-8-10-17)31-13-18-20(28)23(5,30)22(33-18)26-12-11-19(27)24-16(26)4/h6-12,14-15,18,20,22,28,30H,4,13H2,1-3,5H3,(H,24,27)(H,25,36)/t15?,18-,20-,22-,23-,35?/m1/s1. The van der Waals surface area contributed by atoms with Crippen LogP contribution in [0.2, 0.25) is 0 Å². The first kappa shape index (κ1) is 28.3. The summed E-state index contributed by atoms with van der Waals surface area (Å²) >= 11 is 5.67. The first-order valence-corrected chi connectivity index (χ1v) is 14.0. The highest BCUT2D eigenvalue weighted by Crippen LogP contribution is 2.46. The maximum atomic E-state index is 12.4. The number of amides is 1. The average molecular weight is 542 g/mol. The molecule has 1 fully saturated rings. The van der Waals surface area contributed by atoms with Gasteiger partial charge in [-0.25, -0.2) is 5.09 Å². The van der Waals surface area contributed by atoms with E-state index in [1.54, 1.807) is 45.0 Å². The molecule has 2 aliphatic heterocycles.